The molecule has 0 aromatic carbocycles. The first kappa shape index (κ1) is 12.0. The molecule has 1 rings (SSSR count). The molecule has 3 nitrogen and oxygen atoms in total. The summed E-state index contributed by atoms with van der Waals surface area (Å²) in [5.41, 5.74) is 9.57. The normalized spacial score (nSPS) is 11.8. The summed E-state index contributed by atoms with van der Waals surface area (Å²) in [5.74, 6) is 0. The Morgan fingerprint density at radius 2 is 1.93 bits per heavy atom. The van der Waals surface area contributed by atoms with Gasteiger partial charge >= 0.3 is 0 Å². The Labute approximate surface area is 91.7 Å². The van der Waals surface area contributed by atoms with Crippen LogP contribution in [-0.4, -0.2) is 10.6 Å². The first-order chi connectivity index (χ1) is 6.81. The molecule has 1 aromatic heterocycles. The number of rotatable bonds is 2. The molecule has 0 saturated heterocycles. The van der Waals surface area contributed by atoms with Crippen molar-refractivity contribution in [2.45, 2.75) is 46.8 Å². The number of hydrogen-bond acceptors (Lipinski definition) is 3. The molecule has 0 radical (unpaired) electrons. The molecule has 3 heteroatoms. The van der Waals surface area contributed by atoms with E-state index >= 15 is 0 Å². The maximum atomic E-state index is 5.93. The molecular formula is C12H20N2O. The third-order valence-electron chi connectivity index (χ3n) is 2.32. The molecule has 1 heterocycles. The van der Waals surface area contributed by atoms with Gasteiger partial charge in [0, 0.05) is 11.9 Å². The van der Waals surface area contributed by atoms with Gasteiger partial charge in [0.25, 0.3) is 0 Å². The molecule has 0 aliphatic rings. The molecule has 0 fully saturated rings. The smallest absolute Gasteiger partial charge is 0.0898 e. The Kier molecular flexibility index (Phi) is 3.35. The minimum Gasteiger partial charge on any atom is -0.398 e. The molecule has 0 aliphatic heterocycles. The van der Waals surface area contributed by atoms with Crippen LogP contribution in [0.1, 0.15) is 37.6 Å². The van der Waals surface area contributed by atoms with E-state index in [-0.39, 0.29) is 5.60 Å². The molecule has 0 atom stereocenters. The third kappa shape index (κ3) is 3.20. The van der Waals surface area contributed by atoms with Crippen LogP contribution in [0.5, 0.6) is 0 Å². The number of anilines is 1. The number of ether oxygens (including phenoxy) is 1. The monoisotopic (exact) mass is 208 g/mol. The summed E-state index contributed by atoms with van der Waals surface area (Å²) < 4.78 is 5.67. The average molecular weight is 208 g/mol. The first-order valence-corrected chi connectivity index (χ1v) is 5.16. The van der Waals surface area contributed by atoms with Crippen LogP contribution < -0.4 is 5.73 Å². The molecule has 0 aliphatic carbocycles. The predicted molar refractivity (Wildman–Crippen MR) is 62.7 cm³/mol. The number of nitrogen functional groups attached to an aromatic ring is 1. The van der Waals surface area contributed by atoms with Crippen LogP contribution in [0.15, 0.2) is 6.20 Å². The van der Waals surface area contributed by atoms with Crippen molar-refractivity contribution >= 4 is 5.69 Å². The Morgan fingerprint density at radius 1 is 1.33 bits per heavy atom. The summed E-state index contributed by atoms with van der Waals surface area (Å²) in [7, 11) is 0. The molecule has 0 bridgehead atoms. The molecular weight excluding hydrogens is 188 g/mol. The van der Waals surface area contributed by atoms with Crippen LogP contribution in [-0.2, 0) is 11.3 Å². The number of hydrogen-bond donors (Lipinski definition) is 1. The van der Waals surface area contributed by atoms with Gasteiger partial charge in [0.05, 0.1) is 17.9 Å². The highest BCUT2D eigenvalue weighted by molar-refractivity contribution is 5.53. The fraction of sp³-hybridized carbons (Fsp3) is 0.583. The Bertz CT molecular complexity index is 353. The first-order valence-electron chi connectivity index (χ1n) is 5.16. The van der Waals surface area contributed by atoms with Gasteiger partial charge in [0.1, 0.15) is 0 Å². The Hall–Kier alpha value is -1.09. The van der Waals surface area contributed by atoms with E-state index < -0.39 is 0 Å². The van der Waals surface area contributed by atoms with E-state index in [0.29, 0.717) is 6.61 Å². The second kappa shape index (κ2) is 4.19. The number of nitrogens with zero attached hydrogens (tertiary/aromatic N) is 1. The third-order valence-corrected chi connectivity index (χ3v) is 2.32. The zero-order chi connectivity index (χ0) is 11.6. The highest BCUT2D eigenvalue weighted by Gasteiger charge is 2.13. The summed E-state index contributed by atoms with van der Waals surface area (Å²) in [4.78, 5) is 4.34. The minimum absolute atomic E-state index is 0.145. The molecule has 15 heavy (non-hydrogen) atoms. The zero-order valence-corrected chi connectivity index (χ0v) is 10.2. The molecule has 84 valence electrons. The van der Waals surface area contributed by atoms with E-state index in [0.717, 1.165) is 22.5 Å². The van der Waals surface area contributed by atoms with Crippen LogP contribution in [0, 0.1) is 13.8 Å². The van der Waals surface area contributed by atoms with Crippen LogP contribution in [0.25, 0.3) is 0 Å². The van der Waals surface area contributed by atoms with Crippen LogP contribution >= 0.6 is 0 Å². The van der Waals surface area contributed by atoms with Crippen molar-refractivity contribution in [1.29, 1.82) is 0 Å². The number of aryl methyl sites for hydroxylation is 1. The summed E-state index contributed by atoms with van der Waals surface area (Å²) >= 11 is 0. The number of pyridine rings is 1. The van der Waals surface area contributed by atoms with Gasteiger partial charge < -0.3 is 10.5 Å². The Morgan fingerprint density at radius 3 is 2.47 bits per heavy atom. The average Bonchev–Trinajstić information content (AvgIpc) is 2.12. The van der Waals surface area contributed by atoms with Gasteiger partial charge in [-0.3, -0.25) is 4.98 Å². The van der Waals surface area contributed by atoms with E-state index in [2.05, 4.69) is 4.98 Å². The van der Waals surface area contributed by atoms with Crippen molar-refractivity contribution in [3.63, 3.8) is 0 Å². The molecule has 1 aromatic rings. The lowest BCUT2D eigenvalue weighted by Crippen LogP contribution is -2.19. The predicted octanol–water partition coefficient (Wildman–Crippen LogP) is 2.60. The second-order valence-electron chi connectivity index (χ2n) is 4.83. The lowest BCUT2D eigenvalue weighted by molar-refractivity contribution is -0.0166. The van der Waals surface area contributed by atoms with Crippen LogP contribution in [0.4, 0.5) is 5.69 Å². The van der Waals surface area contributed by atoms with Crippen molar-refractivity contribution in [2.75, 3.05) is 5.73 Å². The van der Waals surface area contributed by atoms with Crippen molar-refractivity contribution in [3.8, 4) is 0 Å². The molecule has 0 amide bonds. The van der Waals surface area contributed by atoms with E-state index in [1.165, 1.54) is 0 Å². The highest BCUT2D eigenvalue weighted by atomic mass is 16.5. The molecule has 0 unspecified atom stereocenters. The maximum absolute atomic E-state index is 5.93. The van der Waals surface area contributed by atoms with Crippen molar-refractivity contribution in [2.24, 2.45) is 0 Å². The van der Waals surface area contributed by atoms with Crippen molar-refractivity contribution in [3.05, 3.63) is 23.0 Å². The fourth-order valence-electron chi connectivity index (χ4n) is 1.22. The van der Waals surface area contributed by atoms with Gasteiger partial charge in [0.2, 0.25) is 0 Å². The van der Waals surface area contributed by atoms with Gasteiger partial charge in [-0.15, -0.1) is 0 Å². The summed E-state index contributed by atoms with van der Waals surface area (Å²) in [6.45, 7) is 10.5. The lowest BCUT2D eigenvalue weighted by Gasteiger charge is -2.20. The molecule has 0 saturated carbocycles. The van der Waals surface area contributed by atoms with E-state index in [4.69, 9.17) is 10.5 Å². The van der Waals surface area contributed by atoms with E-state index in [1.807, 2.05) is 34.6 Å². The number of nitrogens with two attached hydrogens (primary N) is 1. The topological polar surface area (TPSA) is 48.1 Å². The van der Waals surface area contributed by atoms with Crippen molar-refractivity contribution < 1.29 is 4.74 Å². The second-order valence-corrected chi connectivity index (χ2v) is 4.83. The standard InChI is InChI=1S/C12H20N2O/c1-8-6-14-10(9(2)11(8)13)7-15-12(3,4)5/h6H,7H2,1-5H3,(H2,13,14). The minimum atomic E-state index is -0.145. The maximum Gasteiger partial charge on any atom is 0.0898 e. The SMILES string of the molecule is Cc1cnc(COC(C)(C)C)c(C)c1N. The summed E-state index contributed by atoms with van der Waals surface area (Å²) in [6.07, 6.45) is 1.80. The zero-order valence-electron chi connectivity index (χ0n) is 10.2. The van der Waals surface area contributed by atoms with Crippen LogP contribution in [0.3, 0.4) is 0 Å². The molecule has 0 spiro atoms. The van der Waals surface area contributed by atoms with E-state index in [9.17, 15) is 0 Å². The van der Waals surface area contributed by atoms with Gasteiger partial charge in [-0.2, -0.15) is 0 Å². The fourth-order valence-corrected chi connectivity index (χ4v) is 1.22. The van der Waals surface area contributed by atoms with Crippen molar-refractivity contribution in [1.82, 2.24) is 4.98 Å². The van der Waals surface area contributed by atoms with Gasteiger partial charge in [0.15, 0.2) is 0 Å². The number of aromatic nitrogens is 1. The Balaban J connectivity index is 2.83. The quantitative estimate of drug-likeness (QED) is 0.812. The van der Waals surface area contributed by atoms with Gasteiger partial charge in [-0.05, 0) is 45.7 Å². The van der Waals surface area contributed by atoms with Gasteiger partial charge in [-0.1, -0.05) is 0 Å². The largest absolute Gasteiger partial charge is 0.398 e. The lowest BCUT2D eigenvalue weighted by atomic mass is 10.1. The molecule has 2 N–H and O–H groups in total. The van der Waals surface area contributed by atoms with E-state index in [1.54, 1.807) is 6.20 Å². The van der Waals surface area contributed by atoms with Crippen LogP contribution in [0.2, 0.25) is 0 Å². The summed E-state index contributed by atoms with van der Waals surface area (Å²) in [6, 6.07) is 0. The highest BCUT2D eigenvalue weighted by Crippen LogP contribution is 2.20. The van der Waals surface area contributed by atoms with Gasteiger partial charge in [-0.25, -0.2) is 0 Å². The summed E-state index contributed by atoms with van der Waals surface area (Å²) in [5, 5.41) is 0.